The highest BCUT2D eigenvalue weighted by Gasteiger charge is 2.28. The van der Waals surface area contributed by atoms with E-state index in [1.165, 1.54) is 0 Å². The van der Waals surface area contributed by atoms with Gasteiger partial charge in [0.25, 0.3) is 0 Å². The molecular weight excluding hydrogens is 254 g/mol. The number of ether oxygens (including phenoxy) is 1. The predicted molar refractivity (Wildman–Crippen MR) is 79.0 cm³/mol. The molecule has 5 heteroatoms. The van der Waals surface area contributed by atoms with E-state index in [9.17, 15) is 0 Å². The van der Waals surface area contributed by atoms with E-state index >= 15 is 0 Å². The van der Waals surface area contributed by atoms with Crippen LogP contribution in [0.15, 0.2) is 35.5 Å². The van der Waals surface area contributed by atoms with Gasteiger partial charge in [-0.1, -0.05) is 35.5 Å². The first-order chi connectivity index (χ1) is 9.61. The van der Waals surface area contributed by atoms with Crippen molar-refractivity contribution in [1.82, 2.24) is 4.90 Å². The minimum atomic E-state index is -0.103. The second-order valence-electron chi connectivity index (χ2n) is 5.44. The topological polar surface area (TPSA) is 71.1 Å². The van der Waals surface area contributed by atoms with E-state index in [0.29, 0.717) is 6.04 Å². The van der Waals surface area contributed by atoms with Gasteiger partial charge in [0.05, 0.1) is 18.6 Å². The van der Waals surface area contributed by atoms with Gasteiger partial charge in [0.15, 0.2) is 0 Å². The van der Waals surface area contributed by atoms with Crippen LogP contribution in [0.3, 0.4) is 0 Å². The molecule has 3 N–H and O–H groups in total. The van der Waals surface area contributed by atoms with Gasteiger partial charge >= 0.3 is 0 Å². The number of amidine groups is 1. The minimum absolute atomic E-state index is 0.103. The van der Waals surface area contributed by atoms with Crippen molar-refractivity contribution in [1.29, 1.82) is 0 Å². The van der Waals surface area contributed by atoms with Crippen molar-refractivity contribution in [3.05, 3.63) is 35.9 Å². The molecule has 1 aromatic carbocycles. The van der Waals surface area contributed by atoms with Gasteiger partial charge in [-0.15, -0.1) is 0 Å². The van der Waals surface area contributed by atoms with Crippen molar-refractivity contribution in [2.75, 3.05) is 19.7 Å². The Bertz CT molecular complexity index is 450. The summed E-state index contributed by atoms with van der Waals surface area (Å²) in [5.74, 6) is 0.150. The zero-order valence-electron chi connectivity index (χ0n) is 12.1. The molecule has 0 aliphatic carbocycles. The third-order valence-electron chi connectivity index (χ3n) is 3.83. The lowest BCUT2D eigenvalue weighted by atomic mass is 9.96. The third kappa shape index (κ3) is 3.49. The standard InChI is InChI=1S/C15H23N3O2/c1-11-10-20-12(2)8-18(11)9-14(15(16)17-19)13-6-4-3-5-7-13/h3-7,11-12,14,19H,8-10H2,1-2H3,(H2,16,17). The monoisotopic (exact) mass is 277 g/mol. The van der Waals surface area contributed by atoms with Gasteiger partial charge in [-0.25, -0.2) is 0 Å². The van der Waals surface area contributed by atoms with Crippen molar-refractivity contribution in [2.24, 2.45) is 10.9 Å². The first-order valence-electron chi connectivity index (χ1n) is 6.99. The van der Waals surface area contributed by atoms with Crippen LogP contribution >= 0.6 is 0 Å². The smallest absolute Gasteiger partial charge is 0.147 e. The van der Waals surface area contributed by atoms with Crippen LogP contribution in [0.25, 0.3) is 0 Å². The van der Waals surface area contributed by atoms with Crippen LogP contribution in [0, 0.1) is 0 Å². The fraction of sp³-hybridized carbons (Fsp3) is 0.533. The molecule has 0 spiro atoms. The number of rotatable bonds is 4. The van der Waals surface area contributed by atoms with Crippen LogP contribution < -0.4 is 5.73 Å². The van der Waals surface area contributed by atoms with Gasteiger partial charge in [-0.3, -0.25) is 4.90 Å². The number of benzene rings is 1. The summed E-state index contributed by atoms with van der Waals surface area (Å²) in [6.07, 6.45) is 0.218. The molecule has 2 rings (SSSR count). The second-order valence-corrected chi connectivity index (χ2v) is 5.44. The summed E-state index contributed by atoms with van der Waals surface area (Å²) < 4.78 is 5.64. The number of nitrogens with two attached hydrogens (primary N) is 1. The SMILES string of the molecule is CC1CN(CC(C(N)=NO)c2ccccc2)C(C)CO1. The Hall–Kier alpha value is -1.59. The summed E-state index contributed by atoms with van der Waals surface area (Å²) in [5, 5.41) is 12.2. The Labute approximate surface area is 120 Å². The third-order valence-corrected chi connectivity index (χ3v) is 3.83. The molecule has 3 unspecified atom stereocenters. The van der Waals surface area contributed by atoms with Gasteiger partial charge in [0, 0.05) is 19.1 Å². The summed E-state index contributed by atoms with van der Waals surface area (Å²) >= 11 is 0. The summed E-state index contributed by atoms with van der Waals surface area (Å²) in [6.45, 7) is 6.52. The molecule has 0 saturated carbocycles. The molecule has 1 aliphatic rings. The summed E-state index contributed by atoms with van der Waals surface area (Å²) in [6, 6.07) is 10.3. The molecule has 0 amide bonds. The lowest BCUT2D eigenvalue weighted by molar-refractivity contribution is -0.0495. The van der Waals surface area contributed by atoms with Crippen LogP contribution in [0.5, 0.6) is 0 Å². The van der Waals surface area contributed by atoms with Crippen LogP contribution in [-0.2, 0) is 4.74 Å². The quantitative estimate of drug-likeness (QED) is 0.380. The number of hydrogen-bond donors (Lipinski definition) is 2. The van der Waals surface area contributed by atoms with E-state index in [1.807, 2.05) is 30.3 Å². The highest BCUT2D eigenvalue weighted by molar-refractivity contribution is 5.87. The zero-order valence-corrected chi connectivity index (χ0v) is 12.1. The van der Waals surface area contributed by atoms with Crippen molar-refractivity contribution in [2.45, 2.75) is 31.9 Å². The molecule has 1 aliphatic heterocycles. The normalized spacial score (nSPS) is 26.4. The molecule has 1 fully saturated rings. The van der Waals surface area contributed by atoms with Crippen molar-refractivity contribution < 1.29 is 9.94 Å². The van der Waals surface area contributed by atoms with Gasteiger partial charge < -0.3 is 15.7 Å². The summed E-state index contributed by atoms with van der Waals surface area (Å²) in [7, 11) is 0. The van der Waals surface area contributed by atoms with E-state index in [4.69, 9.17) is 15.7 Å². The number of nitrogens with zero attached hydrogens (tertiary/aromatic N) is 2. The highest BCUT2D eigenvalue weighted by Crippen LogP contribution is 2.21. The van der Waals surface area contributed by atoms with Crippen molar-refractivity contribution in [3.8, 4) is 0 Å². The maximum absolute atomic E-state index is 9.03. The molecule has 1 aromatic rings. The maximum atomic E-state index is 9.03. The highest BCUT2D eigenvalue weighted by atomic mass is 16.5. The first-order valence-corrected chi connectivity index (χ1v) is 6.99. The molecule has 0 bridgehead atoms. The van der Waals surface area contributed by atoms with Crippen LogP contribution in [-0.4, -0.2) is 47.8 Å². The van der Waals surface area contributed by atoms with Crippen LogP contribution in [0.2, 0.25) is 0 Å². The van der Waals surface area contributed by atoms with Crippen LogP contribution in [0.4, 0.5) is 0 Å². The largest absolute Gasteiger partial charge is 0.409 e. The Kier molecular flexibility index (Phi) is 4.98. The van der Waals surface area contributed by atoms with Crippen LogP contribution in [0.1, 0.15) is 25.3 Å². The molecular formula is C15H23N3O2. The lowest BCUT2D eigenvalue weighted by Crippen LogP contribution is -2.49. The molecule has 3 atom stereocenters. The molecule has 20 heavy (non-hydrogen) atoms. The summed E-state index contributed by atoms with van der Waals surface area (Å²) in [5.41, 5.74) is 6.95. The Morgan fingerprint density at radius 3 is 2.80 bits per heavy atom. The van der Waals surface area contributed by atoms with E-state index in [2.05, 4.69) is 23.9 Å². The number of hydrogen-bond acceptors (Lipinski definition) is 4. The fourth-order valence-electron chi connectivity index (χ4n) is 2.59. The number of oxime groups is 1. The first kappa shape index (κ1) is 14.8. The molecule has 110 valence electrons. The van der Waals surface area contributed by atoms with E-state index in [-0.39, 0.29) is 17.9 Å². The molecule has 0 radical (unpaired) electrons. The predicted octanol–water partition coefficient (Wildman–Crippen LogP) is 1.63. The van der Waals surface area contributed by atoms with Gasteiger partial charge in [0.2, 0.25) is 0 Å². The summed E-state index contributed by atoms with van der Waals surface area (Å²) in [4.78, 5) is 2.34. The Balaban J connectivity index is 2.16. The average molecular weight is 277 g/mol. The average Bonchev–Trinajstić information content (AvgIpc) is 2.48. The maximum Gasteiger partial charge on any atom is 0.147 e. The minimum Gasteiger partial charge on any atom is -0.409 e. The Morgan fingerprint density at radius 1 is 1.45 bits per heavy atom. The molecule has 1 heterocycles. The van der Waals surface area contributed by atoms with Gasteiger partial charge in [-0.2, -0.15) is 0 Å². The Morgan fingerprint density at radius 2 is 2.15 bits per heavy atom. The second kappa shape index (κ2) is 6.72. The van der Waals surface area contributed by atoms with E-state index in [0.717, 1.165) is 25.3 Å². The fourth-order valence-corrected chi connectivity index (χ4v) is 2.59. The molecule has 1 saturated heterocycles. The zero-order chi connectivity index (χ0) is 14.5. The van der Waals surface area contributed by atoms with Crippen molar-refractivity contribution >= 4 is 5.84 Å². The molecule has 5 nitrogen and oxygen atoms in total. The molecule has 0 aromatic heterocycles. The van der Waals surface area contributed by atoms with E-state index in [1.54, 1.807) is 0 Å². The number of morpholine rings is 1. The van der Waals surface area contributed by atoms with Gasteiger partial charge in [0.1, 0.15) is 5.84 Å². The van der Waals surface area contributed by atoms with Gasteiger partial charge in [-0.05, 0) is 19.4 Å². The van der Waals surface area contributed by atoms with E-state index < -0.39 is 0 Å². The lowest BCUT2D eigenvalue weighted by Gasteiger charge is -2.38. The van der Waals surface area contributed by atoms with Crippen molar-refractivity contribution in [3.63, 3.8) is 0 Å².